The van der Waals surface area contributed by atoms with Crippen LogP contribution in [0.3, 0.4) is 0 Å². The average molecular weight is 366 g/mol. The van der Waals surface area contributed by atoms with Gasteiger partial charge in [-0.05, 0) is 60.2 Å². The normalized spacial score (nSPS) is 9.22. The van der Waals surface area contributed by atoms with E-state index in [1.807, 2.05) is 69.6 Å². The van der Waals surface area contributed by atoms with Crippen molar-refractivity contribution in [3.63, 3.8) is 0 Å². The van der Waals surface area contributed by atoms with Gasteiger partial charge in [0.1, 0.15) is 0 Å². The summed E-state index contributed by atoms with van der Waals surface area (Å²) in [4.78, 5) is 12.0. The van der Waals surface area contributed by atoms with E-state index in [-0.39, 0.29) is 0 Å². The smallest absolute Gasteiger partial charge is 0.0428 e. The third kappa shape index (κ3) is 12.4. The first-order valence-corrected chi connectivity index (χ1v) is 9.68. The summed E-state index contributed by atoms with van der Waals surface area (Å²) in [6.45, 7) is 14.7. The fourth-order valence-electron chi connectivity index (χ4n) is 1.86. The topological polar surface area (TPSA) is 38.7 Å². The van der Waals surface area contributed by atoms with Gasteiger partial charge in [0.25, 0.3) is 0 Å². The summed E-state index contributed by atoms with van der Waals surface area (Å²) in [7, 11) is 0. The van der Waals surface area contributed by atoms with Crippen LogP contribution >= 0.6 is 0 Å². The van der Waals surface area contributed by atoms with Gasteiger partial charge in [0, 0.05) is 36.7 Å². The fourth-order valence-corrected chi connectivity index (χ4v) is 1.86. The van der Waals surface area contributed by atoms with Crippen LogP contribution in [0.1, 0.15) is 70.2 Å². The van der Waals surface area contributed by atoms with Crippen molar-refractivity contribution in [2.75, 3.05) is 0 Å². The summed E-state index contributed by atoms with van der Waals surface area (Å²) in [6.07, 6.45) is 9.11. The number of aromatic nitrogens is 3. The molecule has 0 bridgehead atoms. The SMILES string of the molecule is CC.CC(C)c1ccccn1.CC(C)c1cccnc1.Cc1ccncc1. The lowest BCUT2D eigenvalue weighted by Crippen LogP contribution is -1.88. The van der Waals surface area contributed by atoms with E-state index in [1.165, 1.54) is 11.1 Å². The number of nitrogens with zero attached hydrogens (tertiary/aromatic N) is 3. The molecular formula is C24H35N3. The molecule has 0 aliphatic heterocycles. The molecular weight excluding hydrogens is 330 g/mol. The summed E-state index contributed by atoms with van der Waals surface area (Å²) < 4.78 is 0. The predicted molar refractivity (Wildman–Crippen MR) is 117 cm³/mol. The van der Waals surface area contributed by atoms with Crippen molar-refractivity contribution < 1.29 is 0 Å². The molecule has 3 heteroatoms. The largest absolute Gasteiger partial charge is 0.265 e. The van der Waals surface area contributed by atoms with Crippen LogP contribution in [0.2, 0.25) is 0 Å². The Labute approximate surface area is 166 Å². The van der Waals surface area contributed by atoms with E-state index in [4.69, 9.17) is 0 Å². The van der Waals surface area contributed by atoms with Gasteiger partial charge in [-0.1, -0.05) is 53.7 Å². The Balaban J connectivity index is 0.000000361. The van der Waals surface area contributed by atoms with E-state index in [0.717, 1.165) is 5.69 Å². The van der Waals surface area contributed by atoms with Crippen molar-refractivity contribution in [3.05, 3.63) is 90.3 Å². The van der Waals surface area contributed by atoms with Crippen LogP contribution in [0.25, 0.3) is 0 Å². The summed E-state index contributed by atoms with van der Waals surface area (Å²) >= 11 is 0. The van der Waals surface area contributed by atoms with Crippen molar-refractivity contribution in [3.8, 4) is 0 Å². The van der Waals surface area contributed by atoms with E-state index < -0.39 is 0 Å². The van der Waals surface area contributed by atoms with Gasteiger partial charge in [0.2, 0.25) is 0 Å². The maximum atomic E-state index is 4.18. The molecule has 0 saturated carbocycles. The Hall–Kier alpha value is -2.55. The lowest BCUT2D eigenvalue weighted by molar-refractivity contribution is 0.823. The minimum atomic E-state index is 0.547. The van der Waals surface area contributed by atoms with Crippen LogP contribution in [0.5, 0.6) is 0 Å². The van der Waals surface area contributed by atoms with Gasteiger partial charge in [0.15, 0.2) is 0 Å². The van der Waals surface area contributed by atoms with Gasteiger partial charge < -0.3 is 0 Å². The molecule has 0 unspecified atom stereocenters. The van der Waals surface area contributed by atoms with Gasteiger partial charge in [-0.3, -0.25) is 15.0 Å². The van der Waals surface area contributed by atoms with Crippen molar-refractivity contribution in [1.82, 2.24) is 15.0 Å². The van der Waals surface area contributed by atoms with Crippen LogP contribution in [-0.2, 0) is 0 Å². The molecule has 3 aromatic rings. The van der Waals surface area contributed by atoms with E-state index in [2.05, 4.69) is 48.7 Å². The van der Waals surface area contributed by atoms with E-state index in [0.29, 0.717) is 11.8 Å². The van der Waals surface area contributed by atoms with Gasteiger partial charge >= 0.3 is 0 Å². The highest BCUT2D eigenvalue weighted by molar-refractivity contribution is 5.12. The summed E-state index contributed by atoms with van der Waals surface area (Å²) in [5.41, 5.74) is 3.73. The second-order valence-electron chi connectivity index (χ2n) is 6.37. The van der Waals surface area contributed by atoms with Gasteiger partial charge in [-0.2, -0.15) is 0 Å². The minimum Gasteiger partial charge on any atom is -0.265 e. The Morgan fingerprint density at radius 3 is 1.63 bits per heavy atom. The van der Waals surface area contributed by atoms with Crippen LogP contribution in [0, 0.1) is 6.92 Å². The van der Waals surface area contributed by atoms with Crippen molar-refractivity contribution >= 4 is 0 Å². The number of aryl methyl sites for hydroxylation is 1. The number of rotatable bonds is 2. The second kappa shape index (κ2) is 15.7. The first kappa shape index (κ1) is 24.5. The van der Waals surface area contributed by atoms with Crippen molar-refractivity contribution in [1.29, 1.82) is 0 Å². The quantitative estimate of drug-likeness (QED) is 0.500. The molecule has 0 spiro atoms. The molecule has 0 radical (unpaired) electrons. The standard InChI is InChI=1S/2C8H11N.C6H7N.C2H6/c1-7(2)8-4-3-5-9-6-8;1-7(2)8-5-3-4-6-9-8;1-6-2-4-7-5-3-6;1-2/h2*3-7H,1-2H3;2-5H,1H3;1-2H3. The molecule has 0 fully saturated rings. The Bertz CT molecular complexity index is 622. The molecule has 3 aromatic heterocycles. The highest BCUT2D eigenvalue weighted by atomic mass is 14.7. The Morgan fingerprint density at radius 1 is 0.667 bits per heavy atom. The molecule has 146 valence electrons. The highest BCUT2D eigenvalue weighted by Gasteiger charge is 1.95. The maximum Gasteiger partial charge on any atom is 0.0428 e. The molecule has 3 heterocycles. The molecule has 3 nitrogen and oxygen atoms in total. The lowest BCUT2D eigenvalue weighted by Gasteiger charge is -2.00. The first-order valence-electron chi connectivity index (χ1n) is 9.68. The molecule has 0 aliphatic rings. The molecule has 3 rings (SSSR count). The maximum absolute atomic E-state index is 4.18. The minimum absolute atomic E-state index is 0.547. The zero-order chi connectivity index (χ0) is 20.5. The molecule has 0 amide bonds. The molecule has 0 aromatic carbocycles. The third-order valence-corrected chi connectivity index (χ3v) is 3.48. The van der Waals surface area contributed by atoms with E-state index >= 15 is 0 Å². The number of pyridine rings is 3. The van der Waals surface area contributed by atoms with Crippen LogP contribution in [-0.4, -0.2) is 15.0 Å². The van der Waals surface area contributed by atoms with Crippen LogP contribution in [0.15, 0.2) is 73.4 Å². The predicted octanol–water partition coefficient (Wildman–Crippen LogP) is 6.83. The van der Waals surface area contributed by atoms with Crippen molar-refractivity contribution in [2.24, 2.45) is 0 Å². The number of hydrogen-bond acceptors (Lipinski definition) is 3. The summed E-state index contributed by atoms with van der Waals surface area (Å²) in [5, 5.41) is 0. The second-order valence-corrected chi connectivity index (χ2v) is 6.37. The average Bonchev–Trinajstić information content (AvgIpc) is 2.72. The van der Waals surface area contributed by atoms with E-state index in [1.54, 1.807) is 18.6 Å². The summed E-state index contributed by atoms with van der Waals surface area (Å²) in [5.74, 6) is 1.14. The van der Waals surface area contributed by atoms with Gasteiger partial charge in [-0.15, -0.1) is 0 Å². The molecule has 27 heavy (non-hydrogen) atoms. The third-order valence-electron chi connectivity index (χ3n) is 3.48. The molecule has 0 saturated heterocycles. The highest BCUT2D eigenvalue weighted by Crippen LogP contribution is 2.10. The molecule has 0 aliphatic carbocycles. The van der Waals surface area contributed by atoms with Crippen molar-refractivity contribution in [2.45, 2.75) is 60.3 Å². The Kier molecular flexibility index (Phi) is 14.2. The van der Waals surface area contributed by atoms with Crippen LogP contribution in [0.4, 0.5) is 0 Å². The Morgan fingerprint density at radius 2 is 1.33 bits per heavy atom. The van der Waals surface area contributed by atoms with Gasteiger partial charge in [0.05, 0.1) is 0 Å². The van der Waals surface area contributed by atoms with Gasteiger partial charge in [-0.25, -0.2) is 0 Å². The lowest BCUT2D eigenvalue weighted by atomic mass is 10.1. The molecule has 0 N–H and O–H groups in total. The number of hydrogen-bond donors (Lipinski definition) is 0. The van der Waals surface area contributed by atoms with E-state index in [9.17, 15) is 0 Å². The fraction of sp³-hybridized carbons (Fsp3) is 0.375. The zero-order valence-electron chi connectivity index (χ0n) is 17.9. The molecule has 0 atom stereocenters. The monoisotopic (exact) mass is 365 g/mol. The zero-order valence-corrected chi connectivity index (χ0v) is 17.9. The first-order chi connectivity index (χ1) is 13.0. The summed E-state index contributed by atoms with van der Waals surface area (Å²) in [6, 6.07) is 14.0. The van der Waals surface area contributed by atoms with Crippen LogP contribution < -0.4 is 0 Å².